The van der Waals surface area contributed by atoms with Crippen molar-refractivity contribution in [2.75, 3.05) is 0 Å². The zero-order chi connectivity index (χ0) is 6.57. The van der Waals surface area contributed by atoms with Crippen LogP contribution in [-0.2, 0) is 0 Å². The lowest BCUT2D eigenvalue weighted by Crippen LogP contribution is -1.83. The van der Waals surface area contributed by atoms with Crippen molar-refractivity contribution < 1.29 is 5.21 Å². The highest BCUT2D eigenvalue weighted by Crippen LogP contribution is 1.88. The van der Waals surface area contributed by atoms with Crippen LogP contribution in [0.3, 0.4) is 0 Å². The summed E-state index contributed by atoms with van der Waals surface area (Å²) in [5, 5.41) is 11.1. The average Bonchev–Trinajstić information content (AvgIpc) is 1.65. The third-order valence-corrected chi connectivity index (χ3v) is 0.655. The lowest BCUT2D eigenvalue weighted by Gasteiger charge is -1.86. The van der Waals surface area contributed by atoms with Crippen molar-refractivity contribution in [3.63, 3.8) is 0 Å². The molecule has 0 bridgehead atoms. The van der Waals surface area contributed by atoms with Gasteiger partial charge in [0.1, 0.15) is 0 Å². The first-order chi connectivity index (χ1) is 3.66. The summed E-state index contributed by atoms with van der Waals surface area (Å²) >= 11 is 0. The Bertz CT molecular complexity index is 120. The standard InChI is InChI=1S/C6H11NO/c1-5(2)4-6(3)7-8/h4,8H,1-3H3/b7-6+. The summed E-state index contributed by atoms with van der Waals surface area (Å²) in [6, 6.07) is 0. The van der Waals surface area contributed by atoms with Crippen molar-refractivity contribution in [2.24, 2.45) is 5.16 Å². The van der Waals surface area contributed by atoms with Gasteiger partial charge >= 0.3 is 0 Å². The molecule has 0 saturated heterocycles. The van der Waals surface area contributed by atoms with E-state index in [0.29, 0.717) is 5.71 Å². The van der Waals surface area contributed by atoms with E-state index in [4.69, 9.17) is 5.21 Å². The molecule has 0 saturated carbocycles. The van der Waals surface area contributed by atoms with Crippen LogP contribution in [0.4, 0.5) is 0 Å². The maximum Gasteiger partial charge on any atom is 0.0764 e. The van der Waals surface area contributed by atoms with Gasteiger partial charge in [0.05, 0.1) is 5.71 Å². The SMILES string of the molecule is CC(C)=C/C(C)=N/O. The van der Waals surface area contributed by atoms with Gasteiger partial charge in [0, 0.05) is 0 Å². The van der Waals surface area contributed by atoms with Gasteiger partial charge in [-0.2, -0.15) is 0 Å². The molecule has 0 spiro atoms. The highest BCUT2D eigenvalue weighted by atomic mass is 16.4. The molecule has 0 heterocycles. The minimum atomic E-state index is 0.644. The van der Waals surface area contributed by atoms with Crippen LogP contribution < -0.4 is 0 Å². The molecule has 0 atom stereocenters. The summed E-state index contributed by atoms with van der Waals surface area (Å²) in [4.78, 5) is 0. The van der Waals surface area contributed by atoms with Gasteiger partial charge in [-0.3, -0.25) is 0 Å². The maximum absolute atomic E-state index is 8.13. The Morgan fingerprint density at radius 2 is 1.88 bits per heavy atom. The van der Waals surface area contributed by atoms with E-state index in [-0.39, 0.29) is 0 Å². The van der Waals surface area contributed by atoms with Gasteiger partial charge < -0.3 is 5.21 Å². The molecule has 0 aromatic heterocycles. The highest BCUT2D eigenvalue weighted by molar-refractivity contribution is 5.92. The fourth-order valence-corrected chi connectivity index (χ4v) is 0.447. The molecule has 0 aliphatic rings. The van der Waals surface area contributed by atoms with Gasteiger partial charge in [-0.25, -0.2) is 0 Å². The van der Waals surface area contributed by atoms with Crippen LogP contribution in [0.25, 0.3) is 0 Å². The average molecular weight is 113 g/mol. The van der Waals surface area contributed by atoms with E-state index in [1.54, 1.807) is 13.0 Å². The van der Waals surface area contributed by atoms with Crippen LogP contribution >= 0.6 is 0 Å². The lowest BCUT2D eigenvalue weighted by molar-refractivity contribution is 0.319. The molecular weight excluding hydrogens is 102 g/mol. The Morgan fingerprint density at radius 3 is 2.00 bits per heavy atom. The normalized spacial score (nSPS) is 11.1. The summed E-state index contributed by atoms with van der Waals surface area (Å²) in [6.45, 7) is 5.65. The van der Waals surface area contributed by atoms with Crippen molar-refractivity contribution >= 4 is 5.71 Å². The highest BCUT2D eigenvalue weighted by Gasteiger charge is 1.80. The van der Waals surface area contributed by atoms with E-state index < -0.39 is 0 Å². The van der Waals surface area contributed by atoms with Crippen LogP contribution in [0.2, 0.25) is 0 Å². The molecule has 2 heteroatoms. The predicted molar refractivity (Wildman–Crippen MR) is 34.3 cm³/mol. The zero-order valence-corrected chi connectivity index (χ0v) is 5.47. The molecule has 0 radical (unpaired) electrons. The second kappa shape index (κ2) is 3.24. The van der Waals surface area contributed by atoms with E-state index >= 15 is 0 Å². The molecule has 0 aromatic carbocycles. The molecule has 0 amide bonds. The number of hydrogen-bond acceptors (Lipinski definition) is 2. The van der Waals surface area contributed by atoms with Crippen LogP contribution in [0.1, 0.15) is 20.8 Å². The van der Waals surface area contributed by atoms with Gasteiger partial charge in [0.25, 0.3) is 0 Å². The van der Waals surface area contributed by atoms with Crippen molar-refractivity contribution in [2.45, 2.75) is 20.8 Å². The second-order valence-electron chi connectivity index (χ2n) is 1.96. The minimum Gasteiger partial charge on any atom is -0.411 e. The van der Waals surface area contributed by atoms with E-state index in [1.165, 1.54) is 0 Å². The summed E-state index contributed by atoms with van der Waals surface area (Å²) in [7, 11) is 0. The Balaban J connectivity index is 3.89. The molecule has 0 aromatic rings. The number of allylic oxidation sites excluding steroid dienone is 2. The molecular formula is C6H11NO. The third-order valence-electron chi connectivity index (χ3n) is 0.655. The topological polar surface area (TPSA) is 32.6 Å². The number of rotatable bonds is 1. The van der Waals surface area contributed by atoms with E-state index in [9.17, 15) is 0 Å². The van der Waals surface area contributed by atoms with Gasteiger partial charge in [-0.05, 0) is 26.8 Å². The predicted octanol–water partition coefficient (Wildman–Crippen LogP) is 1.80. The molecule has 8 heavy (non-hydrogen) atoms. The molecule has 0 aliphatic carbocycles. The van der Waals surface area contributed by atoms with Crippen molar-refractivity contribution in [3.8, 4) is 0 Å². The molecule has 0 unspecified atom stereocenters. The maximum atomic E-state index is 8.13. The van der Waals surface area contributed by atoms with E-state index in [1.807, 2.05) is 13.8 Å². The first-order valence-corrected chi connectivity index (χ1v) is 2.50. The Labute approximate surface area is 49.5 Å². The summed E-state index contributed by atoms with van der Waals surface area (Å²) < 4.78 is 0. The Hall–Kier alpha value is -0.790. The minimum absolute atomic E-state index is 0.644. The molecule has 0 fully saturated rings. The molecule has 1 N–H and O–H groups in total. The quantitative estimate of drug-likeness (QED) is 0.314. The third kappa shape index (κ3) is 3.40. The summed E-state index contributed by atoms with van der Waals surface area (Å²) in [5.74, 6) is 0. The Kier molecular flexibility index (Phi) is 2.92. The van der Waals surface area contributed by atoms with Crippen molar-refractivity contribution in [3.05, 3.63) is 11.6 Å². The molecule has 0 aliphatic heterocycles. The lowest BCUT2D eigenvalue weighted by atomic mass is 10.3. The van der Waals surface area contributed by atoms with E-state index in [2.05, 4.69) is 5.16 Å². The molecule has 2 nitrogen and oxygen atoms in total. The van der Waals surface area contributed by atoms with Gasteiger partial charge in [-0.15, -0.1) is 0 Å². The first kappa shape index (κ1) is 7.21. The van der Waals surface area contributed by atoms with Crippen molar-refractivity contribution in [1.82, 2.24) is 0 Å². The second-order valence-corrected chi connectivity index (χ2v) is 1.96. The van der Waals surface area contributed by atoms with Gasteiger partial charge in [-0.1, -0.05) is 10.7 Å². The summed E-state index contributed by atoms with van der Waals surface area (Å²) in [6.07, 6.45) is 1.81. The smallest absolute Gasteiger partial charge is 0.0764 e. The van der Waals surface area contributed by atoms with Crippen LogP contribution in [0, 0.1) is 0 Å². The summed E-state index contributed by atoms with van der Waals surface area (Å²) in [5.41, 5.74) is 1.78. The van der Waals surface area contributed by atoms with Gasteiger partial charge in [0.15, 0.2) is 0 Å². The van der Waals surface area contributed by atoms with Gasteiger partial charge in [0.2, 0.25) is 0 Å². The Morgan fingerprint density at radius 1 is 1.38 bits per heavy atom. The number of hydrogen-bond donors (Lipinski definition) is 1. The van der Waals surface area contributed by atoms with Crippen molar-refractivity contribution in [1.29, 1.82) is 0 Å². The monoisotopic (exact) mass is 113 g/mol. The number of oxime groups is 1. The van der Waals surface area contributed by atoms with Crippen LogP contribution in [-0.4, -0.2) is 10.9 Å². The van der Waals surface area contributed by atoms with E-state index in [0.717, 1.165) is 5.57 Å². The fourth-order valence-electron chi connectivity index (χ4n) is 0.447. The fraction of sp³-hybridized carbons (Fsp3) is 0.500. The molecule has 46 valence electrons. The largest absolute Gasteiger partial charge is 0.411 e. The van der Waals surface area contributed by atoms with Crippen LogP contribution in [0.15, 0.2) is 16.8 Å². The first-order valence-electron chi connectivity index (χ1n) is 2.50. The molecule has 0 rings (SSSR count). The number of nitrogens with zero attached hydrogens (tertiary/aromatic N) is 1. The van der Waals surface area contributed by atoms with Crippen LogP contribution in [0.5, 0.6) is 0 Å². The zero-order valence-electron chi connectivity index (χ0n) is 5.47.